The van der Waals surface area contributed by atoms with Gasteiger partial charge in [0.05, 0.1) is 11.5 Å². The summed E-state index contributed by atoms with van der Waals surface area (Å²) in [4.78, 5) is 22.8. The van der Waals surface area contributed by atoms with E-state index in [-0.39, 0.29) is 11.4 Å². The molecule has 0 radical (unpaired) electrons. The third-order valence-electron chi connectivity index (χ3n) is 2.20. The van der Waals surface area contributed by atoms with Gasteiger partial charge in [-0.05, 0) is 12.1 Å². The maximum Gasteiger partial charge on any atom is 0.415 e. The molecular formula is C11H14N2O5. The number of nitro groups is 1. The second-order valence-corrected chi connectivity index (χ2v) is 3.53. The quantitative estimate of drug-likeness (QED) is 0.589. The molecule has 7 heteroatoms. The molecule has 98 valence electrons. The van der Waals surface area contributed by atoms with Crippen LogP contribution in [0.2, 0.25) is 0 Å². The lowest BCUT2D eigenvalue weighted by Crippen LogP contribution is -2.32. The van der Waals surface area contributed by atoms with Gasteiger partial charge in [0.15, 0.2) is 0 Å². The summed E-state index contributed by atoms with van der Waals surface area (Å²) < 4.78 is 9.85. The summed E-state index contributed by atoms with van der Waals surface area (Å²) in [5.41, 5.74) is -0.0532. The van der Waals surface area contributed by atoms with Gasteiger partial charge in [-0.2, -0.15) is 0 Å². The van der Waals surface area contributed by atoms with Gasteiger partial charge >= 0.3 is 6.09 Å². The predicted molar refractivity (Wildman–Crippen MR) is 63.6 cm³/mol. The van der Waals surface area contributed by atoms with Gasteiger partial charge in [0.1, 0.15) is 5.75 Å². The second kappa shape index (κ2) is 6.55. The molecule has 0 spiro atoms. The van der Waals surface area contributed by atoms with E-state index in [1.54, 1.807) is 7.05 Å². The molecule has 0 heterocycles. The Morgan fingerprint density at radius 1 is 1.39 bits per heavy atom. The Morgan fingerprint density at radius 2 is 2.00 bits per heavy atom. The van der Waals surface area contributed by atoms with Gasteiger partial charge in [0, 0.05) is 32.8 Å². The Kier molecular flexibility index (Phi) is 5.06. The van der Waals surface area contributed by atoms with E-state index in [0.717, 1.165) is 0 Å². The maximum absolute atomic E-state index is 11.6. The van der Waals surface area contributed by atoms with Crippen LogP contribution in [0.5, 0.6) is 5.75 Å². The first kappa shape index (κ1) is 13.9. The Morgan fingerprint density at radius 3 is 2.50 bits per heavy atom. The van der Waals surface area contributed by atoms with E-state index in [0.29, 0.717) is 13.2 Å². The molecule has 1 aromatic carbocycles. The van der Waals surface area contributed by atoms with Crippen LogP contribution in [0.25, 0.3) is 0 Å². The second-order valence-electron chi connectivity index (χ2n) is 3.53. The third kappa shape index (κ3) is 4.02. The van der Waals surface area contributed by atoms with Crippen LogP contribution < -0.4 is 4.74 Å². The van der Waals surface area contributed by atoms with Crippen LogP contribution in [0.1, 0.15) is 0 Å². The van der Waals surface area contributed by atoms with Crippen LogP contribution in [-0.4, -0.2) is 43.2 Å². The highest BCUT2D eigenvalue weighted by Crippen LogP contribution is 2.17. The number of carbonyl (C=O) groups excluding carboxylic acids is 1. The number of hydrogen-bond donors (Lipinski definition) is 0. The highest BCUT2D eigenvalue weighted by Gasteiger charge is 2.12. The van der Waals surface area contributed by atoms with Gasteiger partial charge in [-0.15, -0.1) is 0 Å². The minimum absolute atomic E-state index is 0.0532. The highest BCUT2D eigenvalue weighted by atomic mass is 16.6. The summed E-state index contributed by atoms with van der Waals surface area (Å²) in [6.45, 7) is 0.814. The molecule has 0 aromatic heterocycles. The van der Waals surface area contributed by atoms with E-state index in [9.17, 15) is 14.9 Å². The molecule has 0 atom stereocenters. The average molecular weight is 254 g/mol. The average Bonchev–Trinajstić information content (AvgIpc) is 2.36. The molecule has 7 nitrogen and oxygen atoms in total. The molecule has 0 saturated heterocycles. The highest BCUT2D eigenvalue weighted by molar-refractivity contribution is 5.70. The van der Waals surface area contributed by atoms with Crippen molar-refractivity contribution in [1.82, 2.24) is 4.90 Å². The number of rotatable bonds is 5. The Balaban J connectivity index is 2.56. The normalized spacial score (nSPS) is 9.89. The van der Waals surface area contributed by atoms with Crippen molar-refractivity contribution in [3.63, 3.8) is 0 Å². The lowest BCUT2D eigenvalue weighted by Gasteiger charge is -2.15. The number of likely N-dealkylation sites (N-methyl/N-ethyl adjacent to an activating group) is 1. The van der Waals surface area contributed by atoms with Crippen LogP contribution in [0.15, 0.2) is 24.3 Å². The standard InChI is InChI=1S/C11H14N2O5/c1-12(7-8-17-2)11(14)18-10-5-3-9(4-6-10)13(15)16/h3-6H,7-8H2,1-2H3. The topological polar surface area (TPSA) is 81.9 Å². The first-order chi connectivity index (χ1) is 8.54. The lowest BCUT2D eigenvalue weighted by molar-refractivity contribution is -0.384. The van der Waals surface area contributed by atoms with Crippen LogP contribution in [0.3, 0.4) is 0 Å². The predicted octanol–water partition coefficient (Wildman–Crippen LogP) is 1.67. The number of carbonyl (C=O) groups is 1. The van der Waals surface area contributed by atoms with E-state index in [2.05, 4.69) is 0 Å². The fraction of sp³-hybridized carbons (Fsp3) is 0.364. The minimum Gasteiger partial charge on any atom is -0.410 e. The van der Waals surface area contributed by atoms with Crippen LogP contribution in [-0.2, 0) is 4.74 Å². The molecule has 1 rings (SSSR count). The van der Waals surface area contributed by atoms with Gasteiger partial charge in [0.25, 0.3) is 5.69 Å². The molecule has 0 aliphatic carbocycles. The number of benzene rings is 1. The van der Waals surface area contributed by atoms with Crippen molar-refractivity contribution in [1.29, 1.82) is 0 Å². The largest absolute Gasteiger partial charge is 0.415 e. The Labute approximate surface area is 104 Å². The molecule has 1 amide bonds. The summed E-state index contributed by atoms with van der Waals surface area (Å²) in [7, 11) is 3.11. The number of nitrogens with zero attached hydrogens (tertiary/aromatic N) is 2. The summed E-state index contributed by atoms with van der Waals surface area (Å²) in [6, 6.07) is 5.30. The fourth-order valence-corrected chi connectivity index (χ4v) is 1.13. The molecule has 18 heavy (non-hydrogen) atoms. The summed E-state index contributed by atoms with van der Waals surface area (Å²) in [5.74, 6) is 0.259. The number of nitro benzene ring substituents is 1. The fourth-order valence-electron chi connectivity index (χ4n) is 1.13. The van der Waals surface area contributed by atoms with E-state index in [1.807, 2.05) is 0 Å². The molecule has 0 unspecified atom stereocenters. The summed E-state index contributed by atoms with van der Waals surface area (Å²) >= 11 is 0. The van der Waals surface area contributed by atoms with Crippen molar-refractivity contribution in [2.24, 2.45) is 0 Å². The van der Waals surface area contributed by atoms with Gasteiger partial charge in [0.2, 0.25) is 0 Å². The molecule has 0 aliphatic heterocycles. The van der Waals surface area contributed by atoms with E-state index < -0.39 is 11.0 Å². The molecule has 0 bridgehead atoms. The monoisotopic (exact) mass is 254 g/mol. The third-order valence-corrected chi connectivity index (χ3v) is 2.20. The molecule has 0 saturated carbocycles. The van der Waals surface area contributed by atoms with Gasteiger partial charge in [-0.25, -0.2) is 4.79 Å². The van der Waals surface area contributed by atoms with Crippen molar-refractivity contribution in [2.75, 3.05) is 27.3 Å². The van der Waals surface area contributed by atoms with Gasteiger partial charge in [-0.3, -0.25) is 10.1 Å². The van der Waals surface area contributed by atoms with Crippen molar-refractivity contribution in [3.05, 3.63) is 34.4 Å². The smallest absolute Gasteiger partial charge is 0.410 e. The zero-order valence-corrected chi connectivity index (χ0v) is 10.2. The first-order valence-electron chi connectivity index (χ1n) is 5.21. The zero-order valence-electron chi connectivity index (χ0n) is 10.2. The molecule has 0 fully saturated rings. The number of hydrogen-bond acceptors (Lipinski definition) is 5. The number of ether oxygens (including phenoxy) is 2. The van der Waals surface area contributed by atoms with Crippen molar-refractivity contribution in [3.8, 4) is 5.75 Å². The van der Waals surface area contributed by atoms with Crippen molar-refractivity contribution >= 4 is 11.8 Å². The van der Waals surface area contributed by atoms with E-state index >= 15 is 0 Å². The Hall–Kier alpha value is -2.15. The van der Waals surface area contributed by atoms with Crippen LogP contribution >= 0.6 is 0 Å². The number of methoxy groups -OCH3 is 1. The van der Waals surface area contributed by atoms with Gasteiger partial charge < -0.3 is 14.4 Å². The van der Waals surface area contributed by atoms with Crippen LogP contribution in [0.4, 0.5) is 10.5 Å². The van der Waals surface area contributed by atoms with Crippen LogP contribution in [0, 0.1) is 10.1 Å². The summed E-state index contributed by atoms with van der Waals surface area (Å²) in [5, 5.41) is 10.4. The molecule has 1 aromatic rings. The van der Waals surface area contributed by atoms with Gasteiger partial charge in [-0.1, -0.05) is 0 Å². The van der Waals surface area contributed by atoms with Crippen molar-refractivity contribution in [2.45, 2.75) is 0 Å². The molecule has 0 aliphatic rings. The minimum atomic E-state index is -0.541. The lowest BCUT2D eigenvalue weighted by atomic mass is 10.3. The van der Waals surface area contributed by atoms with E-state index in [1.165, 1.54) is 36.3 Å². The zero-order chi connectivity index (χ0) is 13.5. The first-order valence-corrected chi connectivity index (χ1v) is 5.21. The van der Waals surface area contributed by atoms with E-state index in [4.69, 9.17) is 9.47 Å². The molecular weight excluding hydrogens is 240 g/mol. The summed E-state index contributed by atoms with van der Waals surface area (Å²) in [6.07, 6.45) is -0.541. The van der Waals surface area contributed by atoms with Crippen molar-refractivity contribution < 1.29 is 19.2 Å². The SMILES string of the molecule is COCCN(C)C(=O)Oc1ccc([N+](=O)[O-])cc1. The Bertz CT molecular complexity index is 418. The number of non-ortho nitro benzene ring substituents is 1. The molecule has 0 N–H and O–H groups in total. The maximum atomic E-state index is 11.6. The number of amides is 1.